The highest BCUT2D eigenvalue weighted by Crippen LogP contribution is 2.29. The van der Waals surface area contributed by atoms with Crippen LogP contribution in [-0.4, -0.2) is 26.4 Å². The summed E-state index contributed by atoms with van der Waals surface area (Å²) in [5.41, 5.74) is 0.276. The van der Waals surface area contributed by atoms with Crippen LogP contribution in [0.5, 0.6) is 0 Å². The third kappa shape index (κ3) is 4.37. The van der Waals surface area contributed by atoms with Gasteiger partial charge in [0.1, 0.15) is 5.56 Å². The number of fused-ring (bicyclic) bond motifs is 1. The smallest absolute Gasteiger partial charge is 0.322 e. The number of amides is 2. The van der Waals surface area contributed by atoms with E-state index >= 15 is 0 Å². The van der Waals surface area contributed by atoms with Gasteiger partial charge in [0.25, 0.3) is 11.8 Å². The molecule has 0 saturated heterocycles. The maximum absolute atomic E-state index is 12.9. The molecule has 0 unspecified atom stereocenters. The Morgan fingerprint density at radius 3 is 2.35 bits per heavy atom. The lowest BCUT2D eigenvalue weighted by Gasteiger charge is -2.10. The molecule has 0 atom stereocenters. The predicted octanol–water partition coefficient (Wildman–Crippen LogP) is 4.25. The maximum atomic E-state index is 12.9. The van der Waals surface area contributed by atoms with Crippen molar-refractivity contribution in [3.8, 4) is 0 Å². The number of anilines is 2. The zero-order valence-electron chi connectivity index (χ0n) is 15.7. The molecule has 0 aliphatic rings. The lowest BCUT2D eigenvalue weighted by molar-refractivity contribution is -0.137. The largest absolute Gasteiger partial charge is 0.416 e. The van der Waals surface area contributed by atoms with Crippen molar-refractivity contribution in [1.29, 1.82) is 0 Å². The van der Waals surface area contributed by atoms with Crippen LogP contribution in [0.3, 0.4) is 0 Å². The second-order valence-electron chi connectivity index (χ2n) is 6.51. The zero-order chi connectivity index (χ0) is 22.0. The van der Waals surface area contributed by atoms with Gasteiger partial charge in [-0.2, -0.15) is 18.3 Å². The highest BCUT2D eigenvalue weighted by molar-refractivity contribution is 6.09. The van der Waals surface area contributed by atoms with Gasteiger partial charge in [0.05, 0.1) is 11.8 Å². The van der Waals surface area contributed by atoms with Crippen molar-refractivity contribution in [3.63, 3.8) is 0 Å². The molecule has 4 aromatic rings. The second kappa shape index (κ2) is 7.90. The number of halogens is 3. The van der Waals surface area contributed by atoms with Crippen molar-refractivity contribution < 1.29 is 22.8 Å². The molecular weight excluding hydrogens is 411 g/mol. The molecule has 0 fully saturated rings. The van der Waals surface area contributed by atoms with E-state index in [1.807, 2.05) is 0 Å². The molecular formula is C21H14F3N5O2. The fraction of sp³-hybridized carbons (Fsp3) is 0.0476. The van der Waals surface area contributed by atoms with E-state index in [-0.39, 0.29) is 11.1 Å². The lowest BCUT2D eigenvalue weighted by Crippen LogP contribution is -2.15. The van der Waals surface area contributed by atoms with E-state index < -0.39 is 23.6 Å². The fourth-order valence-electron chi connectivity index (χ4n) is 2.90. The summed E-state index contributed by atoms with van der Waals surface area (Å²) >= 11 is 0. The summed E-state index contributed by atoms with van der Waals surface area (Å²) in [7, 11) is 0. The molecule has 31 heavy (non-hydrogen) atoms. The summed E-state index contributed by atoms with van der Waals surface area (Å²) in [5.74, 6) is -1.16. The van der Waals surface area contributed by atoms with Crippen molar-refractivity contribution in [2.24, 2.45) is 0 Å². The molecule has 4 rings (SSSR count). The van der Waals surface area contributed by atoms with Crippen LogP contribution in [0.4, 0.5) is 24.5 Å². The molecule has 2 amide bonds. The molecule has 2 heterocycles. The van der Waals surface area contributed by atoms with Crippen molar-refractivity contribution in [1.82, 2.24) is 14.6 Å². The SMILES string of the molecule is O=C(Nc1cccc(NC(=O)c2cnn3cccnc23)c1)c1cccc(C(F)(F)F)c1. The number of hydrogen-bond acceptors (Lipinski definition) is 4. The number of aromatic nitrogens is 3. The number of alkyl halides is 3. The number of nitrogens with zero attached hydrogens (tertiary/aromatic N) is 3. The first-order chi connectivity index (χ1) is 14.8. The molecule has 0 bridgehead atoms. The van der Waals surface area contributed by atoms with Crippen molar-refractivity contribution in [2.45, 2.75) is 6.18 Å². The molecule has 156 valence electrons. The van der Waals surface area contributed by atoms with E-state index in [1.54, 1.807) is 30.5 Å². The Morgan fingerprint density at radius 2 is 1.61 bits per heavy atom. The Kier molecular flexibility index (Phi) is 5.12. The van der Waals surface area contributed by atoms with Crippen molar-refractivity contribution >= 4 is 28.8 Å². The van der Waals surface area contributed by atoms with Gasteiger partial charge >= 0.3 is 6.18 Å². The minimum absolute atomic E-state index is 0.137. The van der Waals surface area contributed by atoms with Crippen LogP contribution in [0, 0.1) is 0 Å². The Hall–Kier alpha value is -4.21. The minimum Gasteiger partial charge on any atom is -0.322 e. The lowest BCUT2D eigenvalue weighted by atomic mass is 10.1. The molecule has 10 heteroatoms. The summed E-state index contributed by atoms with van der Waals surface area (Å²) in [6, 6.07) is 12.0. The fourth-order valence-corrected chi connectivity index (χ4v) is 2.90. The van der Waals surface area contributed by atoms with Crippen molar-refractivity contribution in [2.75, 3.05) is 10.6 Å². The van der Waals surface area contributed by atoms with Gasteiger partial charge in [0, 0.05) is 29.3 Å². The van der Waals surface area contributed by atoms with E-state index in [0.717, 1.165) is 12.1 Å². The monoisotopic (exact) mass is 425 g/mol. The standard InChI is InChI=1S/C21H14F3N5O2/c22-21(23,24)14-5-1-4-13(10-14)19(30)27-15-6-2-7-16(11-15)28-20(31)17-12-26-29-9-3-8-25-18(17)29/h1-12H,(H,27,30)(H,28,31). The Balaban J connectivity index is 1.50. The summed E-state index contributed by atoms with van der Waals surface area (Å²) in [6.45, 7) is 0. The molecule has 0 aliphatic carbocycles. The molecule has 0 spiro atoms. The third-order valence-corrected chi connectivity index (χ3v) is 4.35. The molecule has 0 aliphatic heterocycles. The molecule has 2 aromatic carbocycles. The van der Waals surface area contributed by atoms with Crippen LogP contribution >= 0.6 is 0 Å². The average Bonchev–Trinajstić information content (AvgIpc) is 3.18. The number of benzene rings is 2. The van der Waals surface area contributed by atoms with Crippen LogP contribution in [0.2, 0.25) is 0 Å². The molecule has 0 saturated carbocycles. The Labute approximate surface area is 173 Å². The van der Waals surface area contributed by atoms with Gasteiger partial charge in [-0.05, 0) is 42.5 Å². The highest BCUT2D eigenvalue weighted by atomic mass is 19.4. The van der Waals surface area contributed by atoms with E-state index in [1.165, 1.54) is 35.1 Å². The topological polar surface area (TPSA) is 88.4 Å². The third-order valence-electron chi connectivity index (χ3n) is 4.35. The number of carbonyl (C=O) groups is 2. The van der Waals surface area contributed by atoms with E-state index in [2.05, 4.69) is 20.7 Å². The van der Waals surface area contributed by atoms with Gasteiger partial charge < -0.3 is 10.6 Å². The Morgan fingerprint density at radius 1 is 0.903 bits per heavy atom. The van der Waals surface area contributed by atoms with Crippen molar-refractivity contribution in [3.05, 3.63) is 89.9 Å². The molecule has 2 N–H and O–H groups in total. The van der Waals surface area contributed by atoms with Crippen LogP contribution < -0.4 is 10.6 Å². The Bertz CT molecular complexity index is 1280. The van der Waals surface area contributed by atoms with Crippen LogP contribution in [-0.2, 0) is 6.18 Å². The van der Waals surface area contributed by atoms with Gasteiger partial charge in [-0.3, -0.25) is 9.59 Å². The van der Waals surface area contributed by atoms with Gasteiger partial charge in [-0.25, -0.2) is 9.50 Å². The summed E-state index contributed by atoms with van der Waals surface area (Å²) < 4.78 is 40.1. The van der Waals surface area contributed by atoms with Gasteiger partial charge in [0.2, 0.25) is 0 Å². The highest BCUT2D eigenvalue weighted by Gasteiger charge is 2.30. The van der Waals surface area contributed by atoms with Crippen LogP contribution in [0.15, 0.2) is 73.2 Å². The first-order valence-corrected chi connectivity index (χ1v) is 9.00. The van der Waals surface area contributed by atoms with E-state index in [4.69, 9.17) is 0 Å². The zero-order valence-corrected chi connectivity index (χ0v) is 15.7. The minimum atomic E-state index is -4.55. The average molecular weight is 425 g/mol. The molecule has 7 nitrogen and oxygen atoms in total. The molecule has 0 radical (unpaired) electrons. The van der Waals surface area contributed by atoms with E-state index in [0.29, 0.717) is 17.0 Å². The maximum Gasteiger partial charge on any atom is 0.416 e. The molecule has 2 aromatic heterocycles. The first kappa shape index (κ1) is 20.1. The quantitative estimate of drug-likeness (QED) is 0.512. The summed E-state index contributed by atoms with van der Waals surface area (Å²) in [5, 5.41) is 9.27. The van der Waals surface area contributed by atoms with Gasteiger partial charge in [-0.1, -0.05) is 12.1 Å². The number of rotatable bonds is 4. The summed E-state index contributed by atoms with van der Waals surface area (Å²) in [6.07, 6.45) is 0.0329. The summed E-state index contributed by atoms with van der Waals surface area (Å²) in [4.78, 5) is 29.1. The van der Waals surface area contributed by atoms with E-state index in [9.17, 15) is 22.8 Å². The van der Waals surface area contributed by atoms with Gasteiger partial charge in [0.15, 0.2) is 5.65 Å². The first-order valence-electron chi connectivity index (χ1n) is 9.00. The van der Waals surface area contributed by atoms with Crippen LogP contribution in [0.25, 0.3) is 5.65 Å². The second-order valence-corrected chi connectivity index (χ2v) is 6.51. The predicted molar refractivity (Wildman–Crippen MR) is 107 cm³/mol. The number of carbonyl (C=O) groups excluding carboxylic acids is 2. The number of hydrogen-bond donors (Lipinski definition) is 2. The normalized spacial score (nSPS) is 11.3. The van der Waals surface area contributed by atoms with Crippen LogP contribution in [0.1, 0.15) is 26.3 Å². The number of nitrogens with one attached hydrogen (secondary N) is 2. The van der Waals surface area contributed by atoms with Gasteiger partial charge in [-0.15, -0.1) is 0 Å².